The number of nitrogens with zero attached hydrogens (tertiary/aromatic N) is 1. The van der Waals surface area contributed by atoms with E-state index in [9.17, 15) is 13.7 Å². The van der Waals surface area contributed by atoms with Crippen LogP contribution in [0.3, 0.4) is 0 Å². The molecule has 0 atom stereocenters. The molecule has 1 nitrogen and oxygen atoms in total. The molecule has 0 heterocycles. The van der Waals surface area contributed by atoms with E-state index in [0.717, 1.165) is 16.0 Å². The highest BCUT2D eigenvalue weighted by atomic mass is 15.1. The molecule has 3 aliphatic rings. The van der Waals surface area contributed by atoms with E-state index in [1.807, 2.05) is 66.7 Å². The van der Waals surface area contributed by atoms with Crippen molar-refractivity contribution in [1.82, 2.24) is 0 Å². The molecule has 3 aliphatic carbocycles. The van der Waals surface area contributed by atoms with Crippen molar-refractivity contribution in [2.75, 3.05) is 4.90 Å². The number of rotatable bonds is 5. The Hall–Kier alpha value is -6.44. The van der Waals surface area contributed by atoms with Crippen LogP contribution in [-0.4, -0.2) is 0 Å². The summed E-state index contributed by atoms with van der Waals surface area (Å²) in [4.78, 5) is 0.950. The van der Waals surface area contributed by atoms with E-state index in [1.165, 1.54) is 0 Å². The first-order valence-electron chi connectivity index (χ1n) is 27.5. The van der Waals surface area contributed by atoms with Crippen LogP contribution in [-0.2, 0) is 16.2 Å². The van der Waals surface area contributed by atoms with Crippen LogP contribution in [0, 0.1) is 0 Å². The molecule has 0 spiro atoms. The maximum Gasteiger partial charge on any atom is 0.0714 e. The predicted molar refractivity (Wildman–Crippen MR) is 234 cm³/mol. The summed E-state index contributed by atoms with van der Waals surface area (Å²) in [6.45, 7) is 6.42. The summed E-state index contributed by atoms with van der Waals surface area (Å²) in [7, 11) is 0. The van der Waals surface area contributed by atoms with Gasteiger partial charge >= 0.3 is 0 Å². The summed E-state index contributed by atoms with van der Waals surface area (Å²) < 4.78 is 171. The van der Waals surface area contributed by atoms with Crippen LogP contribution in [0.5, 0.6) is 0 Å². The second-order valence-electron chi connectivity index (χ2n) is 15.5. The fraction of sp³-hybridized carbons (Fsp3) is 0.127. The zero-order chi connectivity index (χ0) is 53.5. The summed E-state index contributed by atoms with van der Waals surface area (Å²) >= 11 is 0. The van der Waals surface area contributed by atoms with Crippen LogP contribution in [0.2, 0.25) is 0 Å². The first-order valence-corrected chi connectivity index (χ1v) is 18.5. The van der Waals surface area contributed by atoms with E-state index in [4.69, 9.17) is 11.0 Å². The van der Waals surface area contributed by atoms with Crippen molar-refractivity contribution in [3.05, 3.63) is 232 Å². The molecule has 0 radical (unpaired) electrons. The standard InChI is InChI=1S/C55H43N/c1-53(2)47-25-12-8-21-41(47)45-31-29-39(34-51(45)53)56(40-30-32-46-42-22-9-13-26-48(42)54(3,4)52(46)35-40)38-20-16-19-37(33-38)55(36-17-6-5-7-18-36)49-27-14-10-23-43(49)44-24-11-15-28-50(44)55/h5-35H,1-4H3/i8D,9D,12D,13D,16D,19D,20D,21D,22D,25D,26D,29D,30D,31D,32D,33D,34D,35D. The lowest BCUT2D eigenvalue weighted by Crippen LogP contribution is -2.28. The van der Waals surface area contributed by atoms with E-state index in [0.29, 0.717) is 16.7 Å². The Balaban J connectivity index is 1.35. The summed E-state index contributed by atoms with van der Waals surface area (Å²) in [5.74, 6) is 0. The normalized spacial score (nSPS) is 20.1. The molecule has 0 unspecified atom stereocenters. The topological polar surface area (TPSA) is 3.24 Å². The Labute approximate surface area is 355 Å². The average Bonchev–Trinajstić information content (AvgIpc) is 3.92. The van der Waals surface area contributed by atoms with E-state index < -0.39 is 142 Å². The molecular formula is C55H43N. The van der Waals surface area contributed by atoms with Gasteiger partial charge in [-0.1, -0.05) is 179 Å². The molecule has 11 rings (SSSR count). The van der Waals surface area contributed by atoms with Crippen LogP contribution in [0.4, 0.5) is 17.1 Å². The molecule has 0 bridgehead atoms. The van der Waals surface area contributed by atoms with Gasteiger partial charge in [-0.25, -0.2) is 0 Å². The maximum atomic E-state index is 10.7. The highest BCUT2D eigenvalue weighted by Gasteiger charge is 2.46. The SMILES string of the molecule is [2H]c1c([2H])c([2H])c2c(c1[2H])-c1c([2H])c([2H])c(N(c3c([2H])c([2H])c4c(c3[2H])C(C)(C)c3c([2H])c([2H])c([2H])c([2H])c3-4)c3c([2H])c([2H])c([2H])c(C4(c5ccccc5)c5ccccc5-c5ccccc54)c3[2H])c([2H])c1C2(C)C. The van der Waals surface area contributed by atoms with Crippen molar-refractivity contribution in [3.63, 3.8) is 0 Å². The van der Waals surface area contributed by atoms with Gasteiger partial charge in [0.25, 0.3) is 0 Å². The molecule has 0 N–H and O–H groups in total. The lowest BCUT2D eigenvalue weighted by molar-refractivity contribution is 0.660. The van der Waals surface area contributed by atoms with Crippen LogP contribution >= 0.6 is 0 Å². The molecule has 0 saturated carbocycles. The van der Waals surface area contributed by atoms with E-state index in [-0.39, 0.29) is 50.1 Å². The summed E-state index contributed by atoms with van der Waals surface area (Å²) in [6, 6.07) is 13.2. The van der Waals surface area contributed by atoms with Gasteiger partial charge in [-0.3, -0.25) is 0 Å². The van der Waals surface area contributed by atoms with Crippen molar-refractivity contribution in [2.24, 2.45) is 0 Å². The Kier molecular flexibility index (Phi) is 4.09. The Morgan fingerprint density at radius 3 is 1.38 bits per heavy atom. The van der Waals surface area contributed by atoms with E-state index in [1.54, 1.807) is 39.8 Å². The monoisotopic (exact) mass is 735 g/mol. The van der Waals surface area contributed by atoms with Gasteiger partial charge in [-0.15, -0.1) is 0 Å². The zero-order valence-electron chi connectivity index (χ0n) is 49.0. The lowest BCUT2D eigenvalue weighted by atomic mass is 9.67. The van der Waals surface area contributed by atoms with Crippen LogP contribution in [0.1, 0.15) is 96.9 Å². The molecule has 8 aromatic carbocycles. The molecule has 0 aliphatic heterocycles. The van der Waals surface area contributed by atoms with Gasteiger partial charge in [0.05, 0.1) is 30.1 Å². The first kappa shape index (κ1) is 19.4. The second kappa shape index (κ2) is 11.8. The highest BCUT2D eigenvalue weighted by molar-refractivity contribution is 5.90. The van der Waals surface area contributed by atoms with Gasteiger partial charge < -0.3 is 4.90 Å². The lowest BCUT2D eigenvalue weighted by Gasteiger charge is -2.35. The van der Waals surface area contributed by atoms with Gasteiger partial charge in [-0.05, 0) is 114 Å². The van der Waals surface area contributed by atoms with Gasteiger partial charge in [-0.2, -0.15) is 0 Å². The van der Waals surface area contributed by atoms with Crippen LogP contribution < -0.4 is 4.90 Å². The Morgan fingerprint density at radius 2 is 0.821 bits per heavy atom. The third-order valence-electron chi connectivity index (χ3n) is 11.8. The molecular weight excluding hydrogens is 675 g/mol. The quantitative estimate of drug-likeness (QED) is 0.170. The van der Waals surface area contributed by atoms with Gasteiger partial charge in [0.15, 0.2) is 0 Å². The fourth-order valence-corrected chi connectivity index (χ4v) is 9.13. The largest absolute Gasteiger partial charge is 0.310 e. The Morgan fingerprint density at radius 1 is 0.357 bits per heavy atom. The molecule has 0 saturated heterocycles. The minimum Gasteiger partial charge on any atom is -0.310 e. The van der Waals surface area contributed by atoms with Gasteiger partial charge in [0.2, 0.25) is 0 Å². The van der Waals surface area contributed by atoms with Gasteiger partial charge in [0, 0.05) is 27.9 Å². The second-order valence-corrected chi connectivity index (χ2v) is 15.5. The van der Waals surface area contributed by atoms with Crippen LogP contribution in [0.25, 0.3) is 33.4 Å². The molecule has 8 aromatic rings. The van der Waals surface area contributed by atoms with Crippen molar-refractivity contribution in [1.29, 1.82) is 0 Å². The van der Waals surface area contributed by atoms with Crippen molar-refractivity contribution in [2.45, 2.75) is 43.9 Å². The van der Waals surface area contributed by atoms with Crippen molar-refractivity contribution >= 4 is 17.1 Å². The molecule has 0 amide bonds. The Bertz CT molecular complexity index is 3710. The molecule has 0 aromatic heterocycles. The number of hydrogen-bond donors (Lipinski definition) is 0. The van der Waals surface area contributed by atoms with Gasteiger partial charge in [0.1, 0.15) is 0 Å². The molecule has 1 heteroatoms. The zero-order valence-corrected chi connectivity index (χ0v) is 31.0. The number of benzene rings is 8. The number of anilines is 3. The molecule has 0 fully saturated rings. The average molecular weight is 736 g/mol. The first-order chi connectivity index (χ1) is 34.8. The smallest absolute Gasteiger partial charge is 0.0714 e. The van der Waals surface area contributed by atoms with Crippen molar-refractivity contribution in [3.8, 4) is 33.4 Å². The minimum absolute atomic E-state index is 0.0388. The summed E-state index contributed by atoms with van der Waals surface area (Å²) in [5, 5.41) is 0. The third-order valence-corrected chi connectivity index (χ3v) is 11.8. The third kappa shape index (κ3) is 4.37. The molecule has 268 valence electrons. The van der Waals surface area contributed by atoms with Crippen molar-refractivity contribution < 1.29 is 24.7 Å². The van der Waals surface area contributed by atoms with E-state index >= 15 is 0 Å². The fourth-order valence-electron chi connectivity index (χ4n) is 9.13. The van der Waals surface area contributed by atoms with E-state index in [2.05, 4.69) is 0 Å². The number of hydrogen-bond acceptors (Lipinski definition) is 1. The minimum atomic E-state index is -1.56. The predicted octanol–water partition coefficient (Wildman–Crippen LogP) is 14.1. The summed E-state index contributed by atoms with van der Waals surface area (Å²) in [6.07, 6.45) is 0. The highest BCUT2D eigenvalue weighted by Crippen LogP contribution is 2.57. The summed E-state index contributed by atoms with van der Waals surface area (Å²) in [5.41, 5.74) is -3.48. The molecule has 56 heavy (non-hydrogen) atoms. The maximum absolute atomic E-state index is 10.7. The number of fused-ring (bicyclic) bond motifs is 9. The van der Waals surface area contributed by atoms with Crippen LogP contribution in [0.15, 0.2) is 188 Å².